The van der Waals surface area contributed by atoms with Gasteiger partial charge in [-0.05, 0) is 24.0 Å². The monoisotopic (exact) mass is 464 g/mol. The van der Waals surface area contributed by atoms with Crippen LogP contribution in [0.5, 0.6) is 0 Å². The van der Waals surface area contributed by atoms with E-state index < -0.39 is 12.1 Å². The topological polar surface area (TPSA) is 91.0 Å². The second-order valence-electron chi connectivity index (χ2n) is 8.89. The van der Waals surface area contributed by atoms with Crippen molar-refractivity contribution >= 4 is 17.9 Å². The molecule has 4 rings (SSSR count). The van der Waals surface area contributed by atoms with Crippen molar-refractivity contribution in [3.63, 3.8) is 0 Å². The molecule has 0 aromatic heterocycles. The van der Waals surface area contributed by atoms with Gasteiger partial charge in [-0.2, -0.15) is 0 Å². The smallest absolute Gasteiger partial charge is 0.408 e. The zero-order chi connectivity index (χ0) is 23.8. The van der Waals surface area contributed by atoms with Gasteiger partial charge in [0.1, 0.15) is 12.6 Å². The van der Waals surface area contributed by atoms with Gasteiger partial charge in [-0.1, -0.05) is 60.7 Å². The maximum atomic E-state index is 13.4. The van der Waals surface area contributed by atoms with E-state index in [0.717, 1.165) is 24.0 Å². The van der Waals surface area contributed by atoms with Gasteiger partial charge in [0.2, 0.25) is 11.8 Å². The standard InChI is InChI=1S/C26H32N4O4/c31-24(27-22-11-12-22)18-29-13-15-30(16-14-29)25(32)23(17-20-7-3-1-4-8-20)28-26(33)34-19-21-9-5-2-6-10-21/h1-10,22-23H,11-19H2,(H,27,31)(H,28,33)/t23-/m0/s1. The van der Waals surface area contributed by atoms with Crippen LogP contribution in [0.25, 0.3) is 0 Å². The molecule has 3 amide bonds. The van der Waals surface area contributed by atoms with Gasteiger partial charge >= 0.3 is 6.09 Å². The quantitative estimate of drug-likeness (QED) is 0.592. The van der Waals surface area contributed by atoms with Crippen molar-refractivity contribution in [2.24, 2.45) is 0 Å². The first kappa shape index (κ1) is 23.8. The van der Waals surface area contributed by atoms with E-state index in [-0.39, 0.29) is 18.4 Å². The van der Waals surface area contributed by atoms with Gasteiger partial charge in [0.25, 0.3) is 0 Å². The summed E-state index contributed by atoms with van der Waals surface area (Å²) < 4.78 is 5.36. The normalized spacial score (nSPS) is 17.0. The van der Waals surface area contributed by atoms with Crippen molar-refractivity contribution in [3.05, 3.63) is 71.8 Å². The maximum Gasteiger partial charge on any atom is 0.408 e. The predicted octanol–water partition coefficient (Wildman–Crippen LogP) is 1.95. The maximum absolute atomic E-state index is 13.4. The molecule has 2 aromatic carbocycles. The molecule has 2 aromatic rings. The number of carbonyl (C=O) groups excluding carboxylic acids is 3. The number of alkyl carbamates (subject to hydrolysis) is 1. The second kappa shape index (κ2) is 11.7. The molecule has 0 radical (unpaired) electrons. The number of hydrogen-bond donors (Lipinski definition) is 2. The van der Waals surface area contributed by atoms with Crippen molar-refractivity contribution in [1.29, 1.82) is 0 Å². The van der Waals surface area contributed by atoms with Crippen molar-refractivity contribution < 1.29 is 19.1 Å². The summed E-state index contributed by atoms with van der Waals surface area (Å²) in [4.78, 5) is 41.8. The average Bonchev–Trinajstić information content (AvgIpc) is 3.67. The lowest BCUT2D eigenvalue weighted by Crippen LogP contribution is -2.56. The molecule has 1 atom stereocenters. The Morgan fingerprint density at radius 1 is 0.882 bits per heavy atom. The first-order valence-electron chi connectivity index (χ1n) is 11.9. The van der Waals surface area contributed by atoms with Crippen LogP contribution in [0.1, 0.15) is 24.0 Å². The van der Waals surface area contributed by atoms with Gasteiger partial charge in [0.15, 0.2) is 0 Å². The Bertz CT molecular complexity index is 957. The molecule has 2 fully saturated rings. The summed E-state index contributed by atoms with van der Waals surface area (Å²) in [7, 11) is 0. The lowest BCUT2D eigenvalue weighted by molar-refractivity contribution is -0.135. The van der Waals surface area contributed by atoms with Crippen LogP contribution in [0, 0.1) is 0 Å². The molecule has 1 aliphatic carbocycles. The summed E-state index contributed by atoms with van der Waals surface area (Å²) >= 11 is 0. The molecule has 1 saturated heterocycles. The molecule has 2 N–H and O–H groups in total. The molecule has 1 heterocycles. The molecule has 8 nitrogen and oxygen atoms in total. The molecule has 0 bridgehead atoms. The van der Waals surface area contributed by atoms with Crippen LogP contribution in [0.4, 0.5) is 4.79 Å². The molecule has 1 aliphatic heterocycles. The minimum absolute atomic E-state index is 0.0482. The Kier molecular flexibility index (Phi) is 8.14. The van der Waals surface area contributed by atoms with Crippen LogP contribution in [0.2, 0.25) is 0 Å². The van der Waals surface area contributed by atoms with Crippen molar-refractivity contribution in [2.45, 2.75) is 38.0 Å². The van der Waals surface area contributed by atoms with E-state index in [4.69, 9.17) is 4.74 Å². The van der Waals surface area contributed by atoms with E-state index in [0.29, 0.717) is 45.2 Å². The second-order valence-corrected chi connectivity index (χ2v) is 8.89. The molecule has 1 saturated carbocycles. The Morgan fingerprint density at radius 3 is 2.12 bits per heavy atom. The Morgan fingerprint density at radius 2 is 1.50 bits per heavy atom. The molecule has 8 heteroatoms. The molecule has 34 heavy (non-hydrogen) atoms. The minimum atomic E-state index is -0.726. The summed E-state index contributed by atoms with van der Waals surface area (Å²) in [5.74, 6) is -0.0883. The average molecular weight is 465 g/mol. The van der Waals surface area contributed by atoms with Crippen molar-refractivity contribution in [1.82, 2.24) is 20.4 Å². The van der Waals surface area contributed by atoms with Crippen LogP contribution >= 0.6 is 0 Å². The van der Waals surface area contributed by atoms with Gasteiger partial charge in [-0.3, -0.25) is 14.5 Å². The summed E-state index contributed by atoms with van der Waals surface area (Å²) in [6.07, 6.45) is 1.90. The highest BCUT2D eigenvalue weighted by molar-refractivity contribution is 5.86. The number of carbonyl (C=O) groups is 3. The predicted molar refractivity (Wildman–Crippen MR) is 128 cm³/mol. The van der Waals surface area contributed by atoms with E-state index in [9.17, 15) is 14.4 Å². The Hall–Kier alpha value is -3.39. The molecule has 0 spiro atoms. The zero-order valence-corrected chi connectivity index (χ0v) is 19.3. The molecule has 180 valence electrons. The van der Waals surface area contributed by atoms with E-state index in [1.165, 1.54) is 0 Å². The number of hydrogen-bond acceptors (Lipinski definition) is 5. The fraction of sp³-hybridized carbons (Fsp3) is 0.423. The highest BCUT2D eigenvalue weighted by Crippen LogP contribution is 2.18. The highest BCUT2D eigenvalue weighted by Gasteiger charge is 2.30. The first-order valence-corrected chi connectivity index (χ1v) is 11.9. The van der Waals surface area contributed by atoms with Gasteiger partial charge < -0.3 is 20.3 Å². The summed E-state index contributed by atoms with van der Waals surface area (Å²) in [5.41, 5.74) is 1.84. The fourth-order valence-electron chi connectivity index (χ4n) is 4.01. The van der Waals surface area contributed by atoms with Gasteiger partial charge in [-0.15, -0.1) is 0 Å². The number of benzene rings is 2. The van der Waals surface area contributed by atoms with Crippen LogP contribution in [0.3, 0.4) is 0 Å². The lowest BCUT2D eigenvalue weighted by Gasteiger charge is -2.36. The molecular formula is C26H32N4O4. The molecule has 2 aliphatic rings. The van der Waals surface area contributed by atoms with Gasteiger partial charge in [0.05, 0.1) is 6.54 Å². The number of rotatable bonds is 9. The van der Waals surface area contributed by atoms with Gasteiger partial charge in [-0.25, -0.2) is 4.79 Å². The summed E-state index contributed by atoms with van der Waals surface area (Å²) in [6, 6.07) is 18.7. The van der Waals surface area contributed by atoms with Crippen LogP contribution < -0.4 is 10.6 Å². The Labute approximate surface area is 200 Å². The van der Waals surface area contributed by atoms with E-state index in [1.807, 2.05) is 60.7 Å². The zero-order valence-electron chi connectivity index (χ0n) is 19.3. The highest BCUT2D eigenvalue weighted by atomic mass is 16.5. The number of amides is 3. The number of ether oxygens (including phenoxy) is 1. The Balaban J connectivity index is 1.31. The number of nitrogens with one attached hydrogen (secondary N) is 2. The largest absolute Gasteiger partial charge is 0.445 e. The first-order chi connectivity index (χ1) is 16.6. The third-order valence-electron chi connectivity index (χ3n) is 6.08. The van der Waals surface area contributed by atoms with Crippen LogP contribution in [-0.4, -0.2) is 72.5 Å². The van der Waals surface area contributed by atoms with Crippen molar-refractivity contribution in [2.75, 3.05) is 32.7 Å². The fourth-order valence-corrected chi connectivity index (χ4v) is 4.01. The van der Waals surface area contributed by atoms with Crippen LogP contribution in [0.15, 0.2) is 60.7 Å². The minimum Gasteiger partial charge on any atom is -0.445 e. The van der Waals surface area contributed by atoms with Gasteiger partial charge in [0, 0.05) is 38.6 Å². The third kappa shape index (κ3) is 7.31. The summed E-state index contributed by atoms with van der Waals surface area (Å²) in [6.45, 7) is 2.78. The lowest BCUT2D eigenvalue weighted by atomic mass is 10.0. The SMILES string of the molecule is O=C(CN1CCN(C(=O)[C@H](Cc2ccccc2)NC(=O)OCc2ccccc2)CC1)NC1CC1. The van der Waals surface area contributed by atoms with E-state index >= 15 is 0 Å². The molecule has 0 unspecified atom stereocenters. The van der Waals surface area contributed by atoms with E-state index in [2.05, 4.69) is 15.5 Å². The van der Waals surface area contributed by atoms with E-state index in [1.54, 1.807) is 4.90 Å². The van der Waals surface area contributed by atoms with Crippen molar-refractivity contribution in [3.8, 4) is 0 Å². The summed E-state index contributed by atoms with van der Waals surface area (Å²) in [5, 5.41) is 5.78. The van der Waals surface area contributed by atoms with Crippen LogP contribution in [-0.2, 0) is 27.4 Å². The number of piperazine rings is 1. The molecular weight excluding hydrogens is 432 g/mol. The third-order valence-corrected chi connectivity index (χ3v) is 6.08. The number of nitrogens with zero attached hydrogens (tertiary/aromatic N) is 2.